The van der Waals surface area contributed by atoms with Gasteiger partial charge in [-0.1, -0.05) is 113 Å². The van der Waals surface area contributed by atoms with Crippen LogP contribution in [0.25, 0.3) is 0 Å². The lowest BCUT2D eigenvalue weighted by molar-refractivity contribution is 0.0951. The summed E-state index contributed by atoms with van der Waals surface area (Å²) >= 11 is 0. The van der Waals surface area contributed by atoms with E-state index in [1.165, 1.54) is 21.5 Å². The highest BCUT2D eigenvalue weighted by Gasteiger charge is 2.55. The molecule has 5 atom stereocenters. The van der Waals surface area contributed by atoms with Crippen molar-refractivity contribution in [2.24, 2.45) is 17.8 Å². The number of fused-ring (bicyclic) bond motifs is 2. The van der Waals surface area contributed by atoms with Gasteiger partial charge in [-0.3, -0.25) is 0 Å². The van der Waals surface area contributed by atoms with E-state index in [1.807, 2.05) is 0 Å². The van der Waals surface area contributed by atoms with Crippen LogP contribution < -0.4 is 15.1 Å². The molecule has 1 fully saturated rings. The number of hydrogen-bond acceptors (Lipinski definition) is 3. The van der Waals surface area contributed by atoms with Crippen molar-refractivity contribution in [2.45, 2.75) is 96.3 Å². The molecule has 3 aromatic carbocycles. The molecule has 0 spiro atoms. The van der Waals surface area contributed by atoms with Gasteiger partial charge in [0.1, 0.15) is 5.75 Å². The maximum atomic E-state index is 10.9. The van der Waals surface area contributed by atoms with E-state index in [4.69, 9.17) is 9.16 Å². The van der Waals surface area contributed by atoms with Gasteiger partial charge in [-0.15, -0.1) is 0 Å². The number of unbranched alkanes of at least 4 members (excludes halogenated alkanes) is 1. The molecule has 41 heavy (non-hydrogen) atoms. The molecule has 1 unspecified atom stereocenters. The van der Waals surface area contributed by atoms with Gasteiger partial charge in [0, 0.05) is 6.10 Å². The van der Waals surface area contributed by atoms with Gasteiger partial charge in [0.15, 0.2) is 0 Å². The van der Waals surface area contributed by atoms with Crippen LogP contribution in [0.4, 0.5) is 0 Å². The largest absolute Gasteiger partial charge is 0.496 e. The molecule has 2 aliphatic carbocycles. The van der Waals surface area contributed by atoms with Crippen molar-refractivity contribution in [1.29, 1.82) is 0 Å². The second-order valence-corrected chi connectivity index (χ2v) is 17.8. The highest BCUT2D eigenvalue weighted by molar-refractivity contribution is 6.99. The summed E-state index contributed by atoms with van der Waals surface area (Å²) in [7, 11) is -0.885. The van der Waals surface area contributed by atoms with Gasteiger partial charge in [-0.25, -0.2) is 0 Å². The Morgan fingerprint density at radius 2 is 1.54 bits per heavy atom. The summed E-state index contributed by atoms with van der Waals surface area (Å²) in [6, 6.07) is 28.7. The fourth-order valence-electron chi connectivity index (χ4n) is 7.99. The minimum Gasteiger partial charge on any atom is -0.496 e. The molecule has 220 valence electrons. The number of methoxy groups -OCH3 is 1. The third kappa shape index (κ3) is 6.07. The fourth-order valence-corrected chi connectivity index (χ4v) is 12.7. The summed E-state index contributed by atoms with van der Waals surface area (Å²) in [5.74, 6) is 2.59. The van der Waals surface area contributed by atoms with E-state index in [1.54, 1.807) is 7.11 Å². The van der Waals surface area contributed by atoms with Crippen molar-refractivity contribution in [1.82, 2.24) is 0 Å². The minimum atomic E-state index is -2.68. The smallest absolute Gasteiger partial charge is 0.261 e. The second-order valence-electron chi connectivity index (χ2n) is 13.5. The lowest BCUT2D eigenvalue weighted by Gasteiger charge is -2.46. The standard InChI is InChI=1S/C37H50O3Si/c1-6-7-16-29(38)22-23-32-33-24-27-15-14-21-35(39-5)34(27)25-28(33)26-36(32)40-41(37(2,3)4,30-17-10-8-11-18-30)31-19-12-9-13-20-31/h8-15,17-21,28-29,32-33,36,38H,6-7,16,22-26H2,1-5H3/t28-,29?,32+,33-,36+/m0/s1. The number of benzene rings is 3. The number of rotatable bonds is 11. The Morgan fingerprint density at radius 3 is 2.12 bits per heavy atom. The molecular weight excluding hydrogens is 520 g/mol. The number of aliphatic hydroxyl groups is 1. The molecule has 0 radical (unpaired) electrons. The number of ether oxygens (including phenoxy) is 1. The van der Waals surface area contributed by atoms with Gasteiger partial charge in [0.25, 0.3) is 8.32 Å². The van der Waals surface area contributed by atoms with E-state index in [-0.39, 0.29) is 17.2 Å². The van der Waals surface area contributed by atoms with Gasteiger partial charge in [-0.2, -0.15) is 0 Å². The average Bonchev–Trinajstić information content (AvgIpc) is 3.31. The second kappa shape index (κ2) is 12.9. The predicted molar refractivity (Wildman–Crippen MR) is 173 cm³/mol. The lowest BCUT2D eigenvalue weighted by Crippen LogP contribution is -2.68. The topological polar surface area (TPSA) is 38.7 Å². The Kier molecular flexibility index (Phi) is 9.42. The first-order valence-electron chi connectivity index (χ1n) is 15.9. The Balaban J connectivity index is 1.54. The molecule has 5 rings (SSSR count). The van der Waals surface area contributed by atoms with Gasteiger partial charge >= 0.3 is 0 Å². The summed E-state index contributed by atoms with van der Waals surface area (Å²) in [4.78, 5) is 0. The molecule has 4 heteroatoms. The van der Waals surface area contributed by atoms with Crippen molar-refractivity contribution >= 4 is 18.7 Å². The Morgan fingerprint density at radius 1 is 0.878 bits per heavy atom. The minimum absolute atomic E-state index is 0.0547. The van der Waals surface area contributed by atoms with Gasteiger partial charge < -0.3 is 14.3 Å². The summed E-state index contributed by atoms with van der Waals surface area (Å²) in [6.07, 6.45) is 8.14. The first-order chi connectivity index (χ1) is 19.8. The molecule has 3 aromatic rings. The molecular formula is C37H50O3Si. The maximum Gasteiger partial charge on any atom is 0.261 e. The van der Waals surface area contributed by atoms with Crippen LogP contribution in [0.15, 0.2) is 78.9 Å². The quantitative estimate of drug-likeness (QED) is 0.246. The van der Waals surface area contributed by atoms with E-state index >= 15 is 0 Å². The lowest BCUT2D eigenvalue weighted by atomic mass is 9.73. The number of aliphatic hydroxyl groups excluding tert-OH is 1. The van der Waals surface area contributed by atoms with Crippen molar-refractivity contribution in [3.8, 4) is 5.75 Å². The molecule has 2 aliphatic rings. The molecule has 3 nitrogen and oxygen atoms in total. The zero-order valence-electron chi connectivity index (χ0n) is 25.8. The van der Waals surface area contributed by atoms with E-state index in [0.29, 0.717) is 17.8 Å². The van der Waals surface area contributed by atoms with Crippen LogP contribution in [0, 0.1) is 17.8 Å². The number of hydrogen-bond donors (Lipinski definition) is 1. The molecule has 1 N–H and O–H groups in total. The summed E-state index contributed by atoms with van der Waals surface area (Å²) < 4.78 is 13.6. The zero-order valence-corrected chi connectivity index (χ0v) is 26.8. The van der Waals surface area contributed by atoms with Crippen LogP contribution >= 0.6 is 0 Å². The van der Waals surface area contributed by atoms with Crippen molar-refractivity contribution in [2.75, 3.05) is 7.11 Å². The Hall–Kier alpha value is -2.40. The highest BCUT2D eigenvalue weighted by Crippen LogP contribution is 2.51. The van der Waals surface area contributed by atoms with Crippen molar-refractivity contribution < 1.29 is 14.3 Å². The Labute approximate surface area is 249 Å². The molecule has 1 saturated carbocycles. The predicted octanol–water partition coefficient (Wildman–Crippen LogP) is 7.32. The van der Waals surface area contributed by atoms with E-state index < -0.39 is 8.32 Å². The van der Waals surface area contributed by atoms with Crippen molar-refractivity contribution in [3.05, 3.63) is 90.0 Å². The normalized spacial score (nSPS) is 23.1. The first-order valence-corrected chi connectivity index (χ1v) is 17.8. The van der Waals surface area contributed by atoms with E-state index in [0.717, 1.165) is 57.1 Å². The zero-order chi connectivity index (χ0) is 29.0. The van der Waals surface area contributed by atoms with E-state index in [9.17, 15) is 5.11 Å². The molecule has 0 bridgehead atoms. The van der Waals surface area contributed by atoms with Crippen molar-refractivity contribution in [3.63, 3.8) is 0 Å². The first kappa shape index (κ1) is 30.1. The molecule has 0 amide bonds. The molecule has 0 heterocycles. The molecule has 0 aromatic heterocycles. The van der Waals surface area contributed by atoms with Crippen LogP contribution in [0.2, 0.25) is 5.04 Å². The van der Waals surface area contributed by atoms with Crippen LogP contribution in [0.5, 0.6) is 5.75 Å². The maximum absolute atomic E-state index is 10.9. The van der Waals surface area contributed by atoms with Gasteiger partial charge in [0.05, 0.1) is 13.2 Å². The van der Waals surface area contributed by atoms with Gasteiger partial charge in [-0.05, 0) is 88.9 Å². The highest BCUT2D eigenvalue weighted by atomic mass is 28.4. The van der Waals surface area contributed by atoms with Crippen LogP contribution in [-0.4, -0.2) is 32.7 Å². The Bertz CT molecular complexity index is 1210. The monoisotopic (exact) mass is 570 g/mol. The van der Waals surface area contributed by atoms with Crippen LogP contribution in [0.3, 0.4) is 0 Å². The third-order valence-corrected chi connectivity index (χ3v) is 15.1. The molecule has 0 aliphatic heterocycles. The van der Waals surface area contributed by atoms with Gasteiger partial charge in [0.2, 0.25) is 0 Å². The van der Waals surface area contributed by atoms with E-state index in [2.05, 4.69) is 107 Å². The van der Waals surface area contributed by atoms with Crippen LogP contribution in [0.1, 0.15) is 77.3 Å². The molecule has 0 saturated heterocycles. The van der Waals surface area contributed by atoms with Crippen LogP contribution in [-0.2, 0) is 17.3 Å². The average molecular weight is 571 g/mol. The summed E-state index contributed by atoms with van der Waals surface area (Å²) in [5.41, 5.74) is 2.83. The third-order valence-electron chi connectivity index (χ3n) is 10.0. The fraction of sp³-hybridized carbons (Fsp3) is 0.514. The summed E-state index contributed by atoms with van der Waals surface area (Å²) in [6.45, 7) is 9.35. The SMILES string of the molecule is CCCCC(O)CC[C@@H]1[C@H]2Cc3cccc(OC)c3C[C@H]2C[C@H]1O[Si](c1ccccc1)(c1ccccc1)C(C)(C)C. The summed E-state index contributed by atoms with van der Waals surface area (Å²) in [5, 5.41) is 13.6.